The third-order valence-electron chi connectivity index (χ3n) is 2.04. The Morgan fingerprint density at radius 2 is 2.07 bits per heavy atom. The Kier molecular flexibility index (Phi) is 3.01. The van der Waals surface area contributed by atoms with Gasteiger partial charge in [-0.25, -0.2) is 0 Å². The third-order valence-corrected chi connectivity index (χ3v) is 2.04. The second-order valence-corrected chi connectivity index (χ2v) is 3.40. The molecule has 0 amide bonds. The molecular formula is C11H14O3. The summed E-state index contributed by atoms with van der Waals surface area (Å²) < 4.78 is 15.6. The molecule has 1 atom stereocenters. The van der Waals surface area contributed by atoms with Crippen LogP contribution in [0.2, 0.25) is 0 Å². The van der Waals surface area contributed by atoms with Crippen LogP contribution in [0.4, 0.5) is 0 Å². The van der Waals surface area contributed by atoms with Crippen molar-refractivity contribution >= 4 is 0 Å². The first-order valence-electron chi connectivity index (χ1n) is 4.73. The van der Waals surface area contributed by atoms with Crippen LogP contribution in [0.25, 0.3) is 0 Å². The molecule has 1 fully saturated rings. The molecule has 0 aromatic heterocycles. The molecule has 2 rings (SSSR count). The molecule has 0 radical (unpaired) electrons. The molecule has 1 aliphatic rings. The zero-order valence-electron chi connectivity index (χ0n) is 8.23. The van der Waals surface area contributed by atoms with Crippen LogP contribution >= 0.6 is 0 Å². The fourth-order valence-electron chi connectivity index (χ4n) is 1.09. The highest BCUT2D eigenvalue weighted by Gasteiger charge is 2.22. The highest BCUT2D eigenvalue weighted by atomic mass is 16.7. The average molecular weight is 194 g/mol. The second kappa shape index (κ2) is 4.44. The summed E-state index contributed by atoms with van der Waals surface area (Å²) in [7, 11) is 0. The summed E-state index contributed by atoms with van der Waals surface area (Å²) in [5.41, 5.74) is 1.23. The van der Waals surface area contributed by atoms with E-state index in [9.17, 15) is 0 Å². The van der Waals surface area contributed by atoms with Gasteiger partial charge in [0.2, 0.25) is 0 Å². The molecular weight excluding hydrogens is 180 g/mol. The van der Waals surface area contributed by atoms with E-state index in [-0.39, 0.29) is 0 Å². The topological polar surface area (TPSA) is 31.0 Å². The lowest BCUT2D eigenvalue weighted by molar-refractivity contribution is 0.00821. The summed E-state index contributed by atoms with van der Waals surface area (Å²) >= 11 is 0. The van der Waals surface area contributed by atoms with E-state index in [0.29, 0.717) is 19.5 Å². The molecule has 76 valence electrons. The number of rotatable bonds is 5. The predicted molar refractivity (Wildman–Crippen MR) is 52.4 cm³/mol. The number of hydrogen-bond acceptors (Lipinski definition) is 3. The van der Waals surface area contributed by atoms with Crippen molar-refractivity contribution in [2.45, 2.75) is 13.0 Å². The van der Waals surface area contributed by atoms with Crippen LogP contribution in [0.15, 0.2) is 24.3 Å². The van der Waals surface area contributed by atoms with E-state index >= 15 is 0 Å². The van der Waals surface area contributed by atoms with Gasteiger partial charge in [-0.3, -0.25) is 0 Å². The first kappa shape index (κ1) is 9.49. The minimum absolute atomic E-state index is 0.295. The van der Waals surface area contributed by atoms with Crippen molar-refractivity contribution in [2.75, 3.05) is 20.0 Å². The van der Waals surface area contributed by atoms with E-state index in [0.717, 1.165) is 12.4 Å². The van der Waals surface area contributed by atoms with Crippen molar-refractivity contribution in [3.05, 3.63) is 29.8 Å². The van der Waals surface area contributed by atoms with Gasteiger partial charge in [0, 0.05) is 0 Å². The van der Waals surface area contributed by atoms with Crippen molar-refractivity contribution in [1.29, 1.82) is 0 Å². The summed E-state index contributed by atoms with van der Waals surface area (Å²) in [6.07, 6.45) is 0.302. The zero-order chi connectivity index (χ0) is 9.80. The number of aryl methyl sites for hydroxylation is 1. The van der Waals surface area contributed by atoms with Gasteiger partial charge in [-0.2, -0.15) is 0 Å². The van der Waals surface area contributed by atoms with Crippen molar-refractivity contribution in [2.24, 2.45) is 0 Å². The van der Waals surface area contributed by atoms with Gasteiger partial charge < -0.3 is 14.2 Å². The van der Waals surface area contributed by atoms with Gasteiger partial charge in [0.05, 0.1) is 13.2 Å². The van der Waals surface area contributed by atoms with E-state index in [4.69, 9.17) is 14.2 Å². The van der Waals surface area contributed by atoms with Crippen LogP contribution in [0.5, 0.6) is 5.75 Å². The van der Waals surface area contributed by atoms with E-state index < -0.39 is 0 Å². The van der Waals surface area contributed by atoms with Crippen molar-refractivity contribution in [3.8, 4) is 5.75 Å². The van der Waals surface area contributed by atoms with Gasteiger partial charge in [0.15, 0.2) is 6.79 Å². The maximum atomic E-state index is 5.36. The van der Waals surface area contributed by atoms with E-state index in [2.05, 4.69) is 0 Å². The molecule has 3 heteroatoms. The number of hydrogen-bond donors (Lipinski definition) is 0. The molecule has 1 heterocycles. The molecule has 1 aromatic carbocycles. The number of ether oxygens (including phenoxy) is 3. The lowest BCUT2D eigenvalue weighted by atomic mass is 10.2. The summed E-state index contributed by atoms with van der Waals surface area (Å²) in [4.78, 5) is 0. The van der Waals surface area contributed by atoms with Crippen LogP contribution in [0.3, 0.4) is 0 Å². The van der Waals surface area contributed by atoms with Gasteiger partial charge in [-0.15, -0.1) is 0 Å². The molecule has 0 aliphatic carbocycles. The molecule has 0 spiro atoms. The smallest absolute Gasteiger partial charge is 0.189 e. The van der Waals surface area contributed by atoms with E-state index in [1.807, 2.05) is 31.2 Å². The molecule has 0 bridgehead atoms. The number of epoxide rings is 1. The molecule has 1 aliphatic heterocycles. The fraction of sp³-hybridized carbons (Fsp3) is 0.455. The van der Waals surface area contributed by atoms with Gasteiger partial charge in [-0.1, -0.05) is 17.7 Å². The van der Waals surface area contributed by atoms with Crippen molar-refractivity contribution < 1.29 is 14.2 Å². The van der Waals surface area contributed by atoms with Gasteiger partial charge in [0.1, 0.15) is 11.9 Å². The van der Waals surface area contributed by atoms with E-state index in [1.54, 1.807) is 0 Å². The highest BCUT2D eigenvalue weighted by Crippen LogP contribution is 2.12. The Bertz CT molecular complexity index is 277. The largest absolute Gasteiger partial charge is 0.468 e. The van der Waals surface area contributed by atoms with Crippen molar-refractivity contribution in [1.82, 2.24) is 0 Å². The minimum atomic E-state index is 0.295. The molecule has 1 unspecified atom stereocenters. The monoisotopic (exact) mass is 194 g/mol. The Morgan fingerprint density at radius 3 is 2.71 bits per heavy atom. The van der Waals surface area contributed by atoms with Crippen LogP contribution in [-0.4, -0.2) is 26.1 Å². The summed E-state index contributed by atoms with van der Waals surface area (Å²) in [6.45, 7) is 3.80. The Morgan fingerprint density at radius 1 is 1.36 bits per heavy atom. The molecule has 14 heavy (non-hydrogen) atoms. The Balaban J connectivity index is 1.66. The summed E-state index contributed by atoms with van der Waals surface area (Å²) in [5.74, 6) is 0.840. The predicted octanol–water partition coefficient (Wildman–Crippen LogP) is 1.75. The van der Waals surface area contributed by atoms with Crippen LogP contribution < -0.4 is 4.74 Å². The Labute approximate surface area is 83.6 Å². The van der Waals surface area contributed by atoms with Gasteiger partial charge in [-0.05, 0) is 19.1 Å². The average Bonchev–Trinajstić information content (AvgIpc) is 2.99. The molecule has 3 nitrogen and oxygen atoms in total. The number of benzene rings is 1. The quantitative estimate of drug-likeness (QED) is 0.406. The van der Waals surface area contributed by atoms with Gasteiger partial charge >= 0.3 is 0 Å². The normalized spacial score (nSPS) is 19.4. The molecule has 1 aromatic rings. The van der Waals surface area contributed by atoms with Gasteiger partial charge in [0.25, 0.3) is 0 Å². The first-order valence-corrected chi connectivity index (χ1v) is 4.73. The maximum Gasteiger partial charge on any atom is 0.189 e. The van der Waals surface area contributed by atoms with Crippen LogP contribution in [0, 0.1) is 6.92 Å². The lowest BCUT2D eigenvalue weighted by Gasteiger charge is -2.05. The first-order chi connectivity index (χ1) is 6.84. The highest BCUT2D eigenvalue weighted by molar-refractivity contribution is 5.26. The molecule has 0 N–H and O–H groups in total. The zero-order valence-corrected chi connectivity index (χ0v) is 8.23. The molecule has 1 saturated heterocycles. The standard InChI is InChI=1S/C11H14O3/c1-9-2-4-10(5-3-9)14-8-12-6-11-7-13-11/h2-5,11H,6-8H2,1H3. The minimum Gasteiger partial charge on any atom is -0.468 e. The van der Waals surface area contributed by atoms with Crippen LogP contribution in [-0.2, 0) is 9.47 Å². The van der Waals surface area contributed by atoms with E-state index in [1.165, 1.54) is 5.56 Å². The molecule has 0 saturated carbocycles. The maximum absolute atomic E-state index is 5.36. The Hall–Kier alpha value is -1.06. The second-order valence-electron chi connectivity index (χ2n) is 3.40. The van der Waals surface area contributed by atoms with Crippen molar-refractivity contribution in [3.63, 3.8) is 0 Å². The summed E-state index contributed by atoms with van der Waals surface area (Å²) in [6, 6.07) is 7.90. The van der Waals surface area contributed by atoms with Crippen LogP contribution in [0.1, 0.15) is 5.56 Å². The third kappa shape index (κ3) is 3.01. The lowest BCUT2D eigenvalue weighted by Crippen LogP contribution is -2.07. The summed E-state index contributed by atoms with van der Waals surface area (Å²) in [5, 5.41) is 0. The fourth-order valence-corrected chi connectivity index (χ4v) is 1.09. The SMILES string of the molecule is Cc1ccc(OCOCC2CO2)cc1.